The standard InChI is InChI=1S/C38H45N3O.C10H8N2.BF4.ClH.Ru/c1-35(2)23-8-20-11-32(39-17-26(20)29(35)14-23)38(42-7,33-12-21-9-24-15-30(36(24,3)4)27(21)18-40-33)34-13-22-10-25-16-31(37(25,5)6)28(22)19-41-34;1-3-7-11-9(5-1)10-6-2-4-8-12-10;2-1(3,4)5;;/h11-13,17-19,23-25,29-31H,8-10,14-16H2,1-7H3;1-8H;;1H;/q;;-1;;+2/p-1/t23-,24-,25-,29-,30-,31-;;;;/m0..../s1. The summed E-state index contributed by atoms with van der Waals surface area (Å²) in [5, 5.41) is 0. The molecule has 13 heteroatoms. The molecule has 0 aliphatic heterocycles. The van der Waals surface area contributed by atoms with Crippen molar-refractivity contribution in [1.82, 2.24) is 24.9 Å². The molecule has 3 saturated carbocycles. The maximum atomic E-state index is 9.75. The minimum absolute atomic E-state index is 0.373. The van der Waals surface area contributed by atoms with Gasteiger partial charge in [-0.2, -0.15) is 0 Å². The summed E-state index contributed by atoms with van der Waals surface area (Å²) < 4.78 is 45.7. The normalized spacial score (nSPS) is 25.9. The van der Waals surface area contributed by atoms with Gasteiger partial charge in [-0.15, -0.1) is 0 Å². The van der Waals surface area contributed by atoms with E-state index in [-0.39, 0.29) is 0 Å². The molecule has 5 aromatic rings. The molecule has 5 heterocycles. The molecule has 6 bridgehead atoms. The SMILES string of the molecule is COC(c1cc2c(cn1)[C@@H]1C[C@H](C2)C1(C)C)(c1cc2c(cn1)[C@@H]1C[C@H](C2)C1(C)C)c1cc2c(cn1)[C@@H]1C[C@H](C2)C1(C)C.F[B-](F)(F)F.[Cl][Ru+].c1ccc(-c2ccccn2)nc1. The fourth-order valence-electron chi connectivity index (χ4n) is 11.8. The Kier molecular flexibility index (Phi) is 11.7. The van der Waals surface area contributed by atoms with E-state index in [2.05, 4.69) is 98.0 Å². The number of ether oxygens (including phenoxy) is 1. The minimum Gasteiger partial charge on any atom is -0.255 e. The van der Waals surface area contributed by atoms with Gasteiger partial charge in [0.15, 0.2) is 5.60 Å². The van der Waals surface area contributed by atoms with Crippen LogP contribution in [0.3, 0.4) is 0 Å². The molecule has 0 aromatic carbocycles. The first-order valence-electron chi connectivity index (χ1n) is 21.3. The third-order valence-electron chi connectivity index (χ3n) is 16.0. The largest absolute Gasteiger partial charge is 0.255 e. The van der Waals surface area contributed by atoms with Gasteiger partial charge in [-0.3, -0.25) is 24.9 Å². The maximum Gasteiger partial charge on any atom is 0.0886 e. The van der Waals surface area contributed by atoms with E-state index in [1.165, 1.54) is 52.6 Å². The molecule has 0 spiro atoms. The second-order valence-corrected chi connectivity index (χ2v) is 19.6. The average Bonchev–Trinajstić information content (AvgIpc) is 3.26. The van der Waals surface area contributed by atoms with Gasteiger partial charge in [0.2, 0.25) is 0 Å². The van der Waals surface area contributed by atoms with Crippen molar-refractivity contribution in [3.8, 4) is 11.4 Å². The zero-order chi connectivity index (χ0) is 43.7. The first-order valence-corrected chi connectivity index (χ1v) is 23.5. The van der Waals surface area contributed by atoms with Crippen LogP contribution in [-0.4, -0.2) is 39.3 Å². The zero-order valence-corrected chi connectivity index (χ0v) is 38.2. The maximum absolute atomic E-state index is 9.75. The van der Waals surface area contributed by atoms with E-state index < -0.39 is 12.9 Å². The van der Waals surface area contributed by atoms with Crippen molar-refractivity contribution in [2.45, 2.75) is 103 Å². The van der Waals surface area contributed by atoms with Crippen LogP contribution in [-0.2, 0) is 46.9 Å². The predicted octanol–water partition coefficient (Wildman–Crippen LogP) is 12.0. The summed E-state index contributed by atoms with van der Waals surface area (Å²) in [5.41, 5.74) is 13.5. The molecule has 9 aliphatic carbocycles. The second kappa shape index (κ2) is 16.2. The second-order valence-electron chi connectivity index (χ2n) is 19.6. The van der Waals surface area contributed by atoms with E-state index in [1.54, 1.807) is 12.4 Å². The Morgan fingerprint density at radius 3 is 1.13 bits per heavy atom. The van der Waals surface area contributed by atoms with E-state index in [4.69, 9.17) is 19.7 Å². The van der Waals surface area contributed by atoms with Crippen molar-refractivity contribution in [1.29, 1.82) is 0 Å². The van der Waals surface area contributed by atoms with Crippen LogP contribution >= 0.6 is 9.69 Å². The first kappa shape index (κ1) is 44.0. The Balaban J connectivity index is 0.000000226. The van der Waals surface area contributed by atoms with Crippen LogP contribution < -0.4 is 0 Å². The van der Waals surface area contributed by atoms with Crippen molar-refractivity contribution >= 4 is 16.9 Å². The fraction of sp³-hybridized carbons (Fsp3) is 0.479. The molecule has 61 heavy (non-hydrogen) atoms. The smallest absolute Gasteiger partial charge is 0.0886 e. The predicted molar refractivity (Wildman–Crippen MR) is 228 cm³/mol. The van der Waals surface area contributed by atoms with Gasteiger partial charge < -0.3 is 22.0 Å². The number of hydrogen-bond donors (Lipinski definition) is 0. The fourth-order valence-corrected chi connectivity index (χ4v) is 11.8. The van der Waals surface area contributed by atoms with Crippen LogP contribution in [0.2, 0.25) is 0 Å². The molecule has 14 rings (SSSR count). The van der Waals surface area contributed by atoms with Crippen LogP contribution in [0, 0.1) is 34.0 Å². The van der Waals surface area contributed by atoms with Crippen molar-refractivity contribution in [2.24, 2.45) is 34.0 Å². The molecule has 0 unspecified atom stereocenters. The van der Waals surface area contributed by atoms with Crippen LogP contribution in [0.5, 0.6) is 0 Å². The van der Waals surface area contributed by atoms with Gasteiger partial charge in [0.05, 0.1) is 28.5 Å². The van der Waals surface area contributed by atoms with Crippen molar-refractivity contribution in [3.63, 3.8) is 0 Å². The summed E-state index contributed by atoms with van der Waals surface area (Å²) in [6.45, 7) is 14.6. The van der Waals surface area contributed by atoms with Crippen LogP contribution in [0.4, 0.5) is 17.3 Å². The number of methoxy groups -OCH3 is 1. The van der Waals surface area contributed by atoms with Crippen molar-refractivity contribution < 1.29 is 39.3 Å². The van der Waals surface area contributed by atoms with Crippen molar-refractivity contribution in [2.75, 3.05) is 7.11 Å². The average molecular weight is 939 g/mol. The quantitative estimate of drug-likeness (QED) is 0.129. The summed E-state index contributed by atoms with van der Waals surface area (Å²) in [6, 6.07) is 18.7. The van der Waals surface area contributed by atoms with Gasteiger partial charge >= 0.3 is 34.3 Å². The number of halogens is 5. The van der Waals surface area contributed by atoms with Gasteiger partial charge in [0, 0.05) is 38.1 Å². The van der Waals surface area contributed by atoms with E-state index in [0.717, 1.165) is 65.5 Å². The zero-order valence-electron chi connectivity index (χ0n) is 35.8. The van der Waals surface area contributed by atoms with E-state index >= 15 is 0 Å². The topological polar surface area (TPSA) is 73.7 Å². The van der Waals surface area contributed by atoms with Crippen LogP contribution in [0.15, 0.2) is 85.6 Å². The monoisotopic (exact) mass is 939 g/mol. The summed E-state index contributed by atoms with van der Waals surface area (Å²) in [7, 11) is 0.407. The molecular weight excluding hydrogens is 886 g/mol. The number of rotatable bonds is 5. The first-order chi connectivity index (χ1) is 28.9. The molecule has 6 atom stereocenters. The van der Waals surface area contributed by atoms with Gasteiger partial charge in [-0.25, -0.2) is 0 Å². The van der Waals surface area contributed by atoms with E-state index in [9.17, 15) is 17.3 Å². The summed E-state index contributed by atoms with van der Waals surface area (Å²) in [6.07, 6.45) is 17.3. The number of pyridine rings is 5. The number of hydrogen-bond acceptors (Lipinski definition) is 6. The molecule has 3 fully saturated rings. The Labute approximate surface area is 371 Å². The van der Waals surface area contributed by atoms with Crippen LogP contribution in [0.1, 0.15) is 129 Å². The molecular formula is C48H53BClF4N5ORu. The molecule has 0 saturated heterocycles. The third-order valence-corrected chi connectivity index (χ3v) is 16.0. The number of aromatic nitrogens is 5. The Hall–Kier alpha value is -3.59. The molecule has 322 valence electrons. The van der Waals surface area contributed by atoms with Gasteiger partial charge in [-0.05, 0) is 166 Å². The summed E-state index contributed by atoms with van der Waals surface area (Å²) in [5.74, 6) is 4.07. The Morgan fingerprint density at radius 2 is 0.885 bits per heavy atom. The number of nitrogens with zero attached hydrogens (tertiary/aromatic N) is 5. The molecule has 0 amide bonds. The minimum atomic E-state index is -6.00. The third kappa shape index (κ3) is 7.58. The van der Waals surface area contributed by atoms with Crippen molar-refractivity contribution in [3.05, 3.63) is 136 Å². The Bertz CT molecular complexity index is 2170. The summed E-state index contributed by atoms with van der Waals surface area (Å²) >= 11 is 1.82. The van der Waals surface area contributed by atoms with E-state index in [1.807, 2.05) is 60.8 Å². The Morgan fingerprint density at radius 1 is 0.574 bits per heavy atom. The van der Waals surface area contributed by atoms with Gasteiger partial charge in [-0.1, -0.05) is 53.7 Å². The van der Waals surface area contributed by atoms with Crippen LogP contribution in [0.25, 0.3) is 11.4 Å². The van der Waals surface area contributed by atoms with E-state index in [0.29, 0.717) is 34.0 Å². The molecule has 0 radical (unpaired) electrons. The van der Waals surface area contributed by atoms with Gasteiger partial charge in [0.25, 0.3) is 0 Å². The molecule has 5 aromatic heterocycles. The molecule has 9 aliphatic rings. The summed E-state index contributed by atoms with van der Waals surface area (Å²) in [4.78, 5) is 24.1. The van der Waals surface area contributed by atoms with Gasteiger partial charge in [0.1, 0.15) is 0 Å². The molecule has 0 N–H and O–H groups in total. The molecule has 6 nitrogen and oxygen atoms in total.